The molecule has 1 aromatic rings. The van der Waals surface area contributed by atoms with Crippen LogP contribution in [0.15, 0.2) is 12.1 Å². The summed E-state index contributed by atoms with van der Waals surface area (Å²) in [5.41, 5.74) is 0.868. The second-order valence-electron chi connectivity index (χ2n) is 5.19. The van der Waals surface area contributed by atoms with Crippen molar-refractivity contribution in [1.29, 1.82) is 0 Å². The summed E-state index contributed by atoms with van der Waals surface area (Å²) in [6.45, 7) is 0.786. The molecule has 0 bridgehead atoms. The SMILES string of the molecule is COc1cc([Se]C(F)(F)F)c(OC)cc1CCNC1CCC1. The van der Waals surface area contributed by atoms with Crippen molar-refractivity contribution in [2.75, 3.05) is 20.8 Å². The van der Waals surface area contributed by atoms with Gasteiger partial charge in [0.2, 0.25) is 0 Å². The molecular weight excluding hydrogens is 362 g/mol. The van der Waals surface area contributed by atoms with E-state index in [0.29, 0.717) is 18.2 Å². The van der Waals surface area contributed by atoms with E-state index in [-0.39, 0.29) is 10.2 Å². The molecule has 1 N–H and O–H groups in total. The van der Waals surface area contributed by atoms with Crippen molar-refractivity contribution < 1.29 is 22.6 Å². The summed E-state index contributed by atoms with van der Waals surface area (Å²) >= 11 is -1.64. The predicted octanol–water partition coefficient (Wildman–Crippen LogP) is 2.24. The van der Waals surface area contributed by atoms with Crippen LogP contribution in [0.1, 0.15) is 24.8 Å². The van der Waals surface area contributed by atoms with Crippen molar-refractivity contribution in [3.8, 4) is 11.5 Å². The first kappa shape index (κ1) is 17.4. The Morgan fingerprint density at radius 2 is 1.86 bits per heavy atom. The Kier molecular flexibility index (Phi) is 6.01. The summed E-state index contributed by atoms with van der Waals surface area (Å²) in [5.74, 6) is 0.786. The Hall–Kier alpha value is -0.911. The van der Waals surface area contributed by atoms with E-state index in [1.807, 2.05) is 0 Å². The number of halogens is 3. The summed E-state index contributed by atoms with van der Waals surface area (Å²) in [7, 11) is 2.88. The number of alkyl halides is 3. The van der Waals surface area contributed by atoms with E-state index in [2.05, 4.69) is 5.32 Å². The number of benzene rings is 1. The van der Waals surface area contributed by atoms with Gasteiger partial charge in [0, 0.05) is 0 Å². The molecule has 124 valence electrons. The van der Waals surface area contributed by atoms with Crippen LogP contribution < -0.4 is 19.3 Å². The van der Waals surface area contributed by atoms with Gasteiger partial charge < -0.3 is 0 Å². The molecule has 7 heteroatoms. The molecule has 3 nitrogen and oxygen atoms in total. The monoisotopic (exact) mass is 383 g/mol. The molecule has 0 aromatic heterocycles. The number of rotatable bonds is 7. The molecule has 0 amide bonds. The first-order chi connectivity index (χ1) is 10.4. The molecular formula is C15H20F3NO2Se. The maximum atomic E-state index is 12.7. The van der Waals surface area contributed by atoms with Gasteiger partial charge in [0.15, 0.2) is 0 Å². The van der Waals surface area contributed by atoms with Crippen LogP contribution in [0.25, 0.3) is 0 Å². The first-order valence-corrected chi connectivity index (χ1v) is 8.88. The molecule has 22 heavy (non-hydrogen) atoms. The minimum absolute atomic E-state index is 0.162. The summed E-state index contributed by atoms with van der Waals surface area (Å²) in [4.78, 5) is 0. The third-order valence-corrected chi connectivity index (χ3v) is 5.34. The fraction of sp³-hybridized carbons (Fsp3) is 0.600. The van der Waals surface area contributed by atoms with Crippen LogP contribution in [0.4, 0.5) is 13.2 Å². The van der Waals surface area contributed by atoms with Crippen LogP contribution in [0.2, 0.25) is 0 Å². The van der Waals surface area contributed by atoms with Crippen LogP contribution in [-0.4, -0.2) is 46.8 Å². The van der Waals surface area contributed by atoms with Crippen LogP contribution in [0.5, 0.6) is 11.5 Å². The van der Waals surface area contributed by atoms with Crippen molar-refractivity contribution >= 4 is 19.4 Å². The van der Waals surface area contributed by atoms with Crippen molar-refractivity contribution in [2.24, 2.45) is 0 Å². The normalized spacial score (nSPS) is 15.5. The average molecular weight is 382 g/mol. The van der Waals surface area contributed by atoms with Gasteiger partial charge in [-0.05, 0) is 0 Å². The van der Waals surface area contributed by atoms with Crippen LogP contribution in [-0.2, 0) is 6.42 Å². The summed E-state index contributed by atoms with van der Waals surface area (Å²) in [6.07, 6.45) is 4.37. The topological polar surface area (TPSA) is 30.5 Å². The Balaban J connectivity index is 2.10. The minimum atomic E-state index is -4.21. The van der Waals surface area contributed by atoms with E-state index in [9.17, 15) is 13.2 Å². The molecule has 0 heterocycles. The van der Waals surface area contributed by atoms with Crippen molar-refractivity contribution in [2.45, 2.75) is 36.8 Å². The number of nitrogens with one attached hydrogen (secondary N) is 1. The number of ether oxygens (including phenoxy) is 2. The Labute approximate surface area is 134 Å². The quantitative estimate of drug-likeness (QED) is 0.734. The molecule has 0 unspecified atom stereocenters. The maximum absolute atomic E-state index is 12.7. The average Bonchev–Trinajstić information content (AvgIpc) is 2.40. The summed E-state index contributed by atoms with van der Waals surface area (Å²) in [6, 6.07) is 3.72. The molecule has 0 atom stereocenters. The Morgan fingerprint density at radius 3 is 2.36 bits per heavy atom. The van der Waals surface area contributed by atoms with E-state index in [0.717, 1.165) is 12.1 Å². The zero-order valence-electron chi connectivity index (χ0n) is 12.6. The molecule has 1 aromatic carbocycles. The molecule has 0 saturated heterocycles. The van der Waals surface area contributed by atoms with Gasteiger partial charge in [-0.1, -0.05) is 0 Å². The molecule has 1 fully saturated rings. The van der Waals surface area contributed by atoms with Crippen LogP contribution >= 0.6 is 0 Å². The van der Waals surface area contributed by atoms with Gasteiger partial charge in [-0.2, -0.15) is 0 Å². The van der Waals surface area contributed by atoms with Gasteiger partial charge in [-0.15, -0.1) is 0 Å². The summed E-state index contributed by atoms with van der Waals surface area (Å²) in [5, 5.41) is -0.773. The van der Waals surface area contributed by atoms with Crippen molar-refractivity contribution in [3.63, 3.8) is 0 Å². The van der Waals surface area contributed by atoms with Gasteiger partial charge in [-0.25, -0.2) is 0 Å². The molecule has 0 aliphatic heterocycles. The molecule has 0 radical (unpaired) electrons. The van der Waals surface area contributed by atoms with E-state index < -0.39 is 20.0 Å². The van der Waals surface area contributed by atoms with Gasteiger partial charge in [0.25, 0.3) is 0 Å². The standard InChI is InChI=1S/C15H20F3NO2Se/c1-20-12-9-14(22-15(16,17)18)13(21-2)8-10(12)6-7-19-11-4-3-5-11/h8-9,11,19H,3-7H2,1-2H3. The zero-order valence-corrected chi connectivity index (χ0v) is 14.3. The van der Waals surface area contributed by atoms with Gasteiger partial charge in [0.05, 0.1) is 0 Å². The fourth-order valence-corrected chi connectivity index (χ4v) is 3.74. The van der Waals surface area contributed by atoms with E-state index >= 15 is 0 Å². The Bertz CT molecular complexity index is 504. The number of hydrogen-bond donors (Lipinski definition) is 1. The number of hydrogen-bond acceptors (Lipinski definition) is 3. The second-order valence-corrected chi connectivity index (χ2v) is 7.52. The van der Waals surface area contributed by atoms with E-state index in [1.54, 1.807) is 6.07 Å². The van der Waals surface area contributed by atoms with E-state index in [4.69, 9.17) is 9.47 Å². The third kappa shape index (κ3) is 4.80. The van der Waals surface area contributed by atoms with Crippen molar-refractivity contribution in [3.05, 3.63) is 17.7 Å². The molecule has 2 rings (SSSR count). The predicted molar refractivity (Wildman–Crippen MR) is 80.3 cm³/mol. The molecule has 1 aliphatic rings. The molecule has 1 saturated carbocycles. The first-order valence-electron chi connectivity index (χ1n) is 7.17. The zero-order chi connectivity index (χ0) is 16.2. The van der Waals surface area contributed by atoms with Crippen LogP contribution in [0, 0.1) is 0 Å². The van der Waals surface area contributed by atoms with Gasteiger partial charge in [0.1, 0.15) is 0 Å². The number of methoxy groups -OCH3 is 2. The van der Waals surface area contributed by atoms with E-state index in [1.165, 1.54) is 39.5 Å². The Morgan fingerprint density at radius 1 is 1.18 bits per heavy atom. The second kappa shape index (κ2) is 7.57. The molecule has 0 spiro atoms. The van der Waals surface area contributed by atoms with Crippen molar-refractivity contribution in [1.82, 2.24) is 5.32 Å². The third-order valence-electron chi connectivity index (χ3n) is 3.72. The van der Waals surface area contributed by atoms with Gasteiger partial charge >= 0.3 is 134 Å². The van der Waals surface area contributed by atoms with Gasteiger partial charge in [-0.3, -0.25) is 0 Å². The van der Waals surface area contributed by atoms with Crippen LogP contribution in [0.3, 0.4) is 0 Å². The molecule has 1 aliphatic carbocycles. The fourth-order valence-electron chi connectivity index (χ4n) is 2.36. The summed E-state index contributed by atoms with van der Waals surface area (Å²) < 4.78 is 48.5.